The van der Waals surface area contributed by atoms with Crippen molar-refractivity contribution in [2.24, 2.45) is 5.92 Å². The Labute approximate surface area is 99.1 Å². The summed E-state index contributed by atoms with van der Waals surface area (Å²) in [6.45, 7) is 0.750. The number of hydrogen-bond acceptors (Lipinski definition) is 1. The first kappa shape index (κ1) is 14.1. The number of hydrogen-bond donors (Lipinski definition) is 2. The van der Waals surface area contributed by atoms with Crippen LogP contribution in [0.3, 0.4) is 0 Å². The van der Waals surface area contributed by atoms with Crippen LogP contribution in [0.5, 0.6) is 0 Å². The Kier molecular flexibility index (Phi) is 5.08. The van der Waals surface area contributed by atoms with Gasteiger partial charge in [0.15, 0.2) is 0 Å². The topological polar surface area (TPSA) is 41.1 Å². The molecule has 2 unspecified atom stereocenters. The van der Waals surface area contributed by atoms with E-state index >= 15 is 0 Å². The Morgan fingerprint density at radius 3 is 2.53 bits per heavy atom. The smallest absolute Gasteiger partial charge is 0.335 e. The normalized spacial score (nSPS) is 26.1. The minimum atomic E-state index is -4.35. The molecule has 100 valence electrons. The minimum Gasteiger partial charge on any atom is -0.335 e. The fourth-order valence-electron chi connectivity index (χ4n) is 2.11. The molecule has 6 heteroatoms. The second kappa shape index (κ2) is 6.12. The van der Waals surface area contributed by atoms with E-state index in [1.807, 2.05) is 12.2 Å². The molecule has 0 saturated heterocycles. The van der Waals surface area contributed by atoms with Crippen LogP contribution in [0.25, 0.3) is 0 Å². The Hall–Kier alpha value is -0.940. The van der Waals surface area contributed by atoms with Gasteiger partial charge < -0.3 is 10.6 Å². The van der Waals surface area contributed by atoms with Crippen molar-refractivity contribution in [3.05, 3.63) is 0 Å². The van der Waals surface area contributed by atoms with Gasteiger partial charge in [-0.25, -0.2) is 4.79 Å². The van der Waals surface area contributed by atoms with Gasteiger partial charge in [-0.2, -0.15) is 13.2 Å². The van der Waals surface area contributed by atoms with Crippen LogP contribution >= 0.6 is 0 Å². The van der Waals surface area contributed by atoms with Gasteiger partial charge in [0.2, 0.25) is 0 Å². The fourth-order valence-corrected chi connectivity index (χ4v) is 2.11. The maximum atomic E-state index is 11.9. The summed E-state index contributed by atoms with van der Waals surface area (Å²) in [5, 5.41) is 4.47. The van der Waals surface area contributed by atoms with Crippen LogP contribution in [0.15, 0.2) is 0 Å². The van der Waals surface area contributed by atoms with E-state index in [0.29, 0.717) is 5.92 Å². The molecule has 0 aromatic rings. The first-order chi connectivity index (χ1) is 7.88. The number of carbonyl (C=O) groups excluding carboxylic acids is 1. The molecule has 1 aliphatic carbocycles. The van der Waals surface area contributed by atoms with E-state index in [2.05, 4.69) is 5.32 Å². The van der Waals surface area contributed by atoms with E-state index in [1.54, 1.807) is 0 Å². The monoisotopic (exact) mass is 252 g/mol. The van der Waals surface area contributed by atoms with Crippen LogP contribution in [0.1, 0.15) is 39.0 Å². The molecule has 1 aliphatic rings. The third-order valence-electron chi connectivity index (χ3n) is 3.13. The van der Waals surface area contributed by atoms with Crippen molar-refractivity contribution >= 4 is 6.03 Å². The minimum absolute atomic E-state index is 0.00858. The lowest BCUT2D eigenvalue weighted by atomic mass is 9.97. The standard InChI is InChI=1S/C11H19F3N2O/c1-8-5-3-2-4-6-9(8)16-10(17)15-7-11(12,13)14/h8-9H,2-7H2,1H3,(H2,15,16,17). The first-order valence-corrected chi connectivity index (χ1v) is 5.99. The maximum Gasteiger partial charge on any atom is 0.405 e. The molecule has 0 bridgehead atoms. The Morgan fingerprint density at radius 2 is 1.88 bits per heavy atom. The van der Waals surface area contributed by atoms with E-state index in [-0.39, 0.29) is 6.04 Å². The lowest BCUT2D eigenvalue weighted by Crippen LogP contribution is -2.47. The second-order valence-electron chi connectivity index (χ2n) is 4.66. The van der Waals surface area contributed by atoms with Crippen LogP contribution in [-0.2, 0) is 0 Å². The quantitative estimate of drug-likeness (QED) is 0.729. The molecule has 1 rings (SSSR count). The molecule has 2 N–H and O–H groups in total. The van der Waals surface area contributed by atoms with E-state index in [1.165, 1.54) is 0 Å². The number of rotatable bonds is 2. The highest BCUT2D eigenvalue weighted by Gasteiger charge is 2.28. The van der Waals surface area contributed by atoms with Gasteiger partial charge in [0.05, 0.1) is 0 Å². The van der Waals surface area contributed by atoms with Crippen LogP contribution in [0, 0.1) is 5.92 Å². The van der Waals surface area contributed by atoms with Crippen molar-refractivity contribution in [2.45, 2.75) is 51.2 Å². The summed E-state index contributed by atoms with van der Waals surface area (Å²) in [6, 6.07) is -0.730. The molecule has 3 nitrogen and oxygen atoms in total. The van der Waals surface area contributed by atoms with Crippen molar-refractivity contribution in [1.82, 2.24) is 10.6 Å². The molecule has 1 fully saturated rings. The summed E-state index contributed by atoms with van der Waals surface area (Å²) >= 11 is 0. The van der Waals surface area contributed by atoms with Crippen LogP contribution in [0.2, 0.25) is 0 Å². The number of nitrogens with one attached hydrogen (secondary N) is 2. The highest BCUT2D eigenvalue weighted by Crippen LogP contribution is 2.22. The number of amides is 2. The Bertz CT molecular complexity index is 256. The average molecular weight is 252 g/mol. The average Bonchev–Trinajstić information content (AvgIpc) is 2.41. The summed E-state index contributed by atoms with van der Waals surface area (Å²) in [4.78, 5) is 11.3. The lowest BCUT2D eigenvalue weighted by Gasteiger charge is -2.23. The van der Waals surface area contributed by atoms with Crippen molar-refractivity contribution < 1.29 is 18.0 Å². The molecule has 0 heterocycles. The zero-order valence-corrected chi connectivity index (χ0v) is 9.94. The molecule has 0 aromatic carbocycles. The summed E-state index contributed by atoms with van der Waals surface area (Å²) in [6.07, 6.45) is 0.794. The third-order valence-corrected chi connectivity index (χ3v) is 3.13. The number of carbonyl (C=O) groups is 1. The number of alkyl halides is 3. The molecule has 17 heavy (non-hydrogen) atoms. The van der Waals surface area contributed by atoms with Crippen molar-refractivity contribution in [1.29, 1.82) is 0 Å². The fraction of sp³-hybridized carbons (Fsp3) is 0.909. The molecule has 1 saturated carbocycles. The predicted molar refractivity (Wildman–Crippen MR) is 58.6 cm³/mol. The number of halogens is 3. The molecule has 2 atom stereocenters. The van der Waals surface area contributed by atoms with Gasteiger partial charge in [0, 0.05) is 6.04 Å². The Balaban J connectivity index is 2.33. The van der Waals surface area contributed by atoms with Crippen molar-refractivity contribution in [2.75, 3.05) is 6.54 Å². The zero-order chi connectivity index (χ0) is 12.9. The van der Waals surface area contributed by atoms with Gasteiger partial charge in [-0.15, -0.1) is 0 Å². The lowest BCUT2D eigenvalue weighted by molar-refractivity contribution is -0.122. The highest BCUT2D eigenvalue weighted by atomic mass is 19.4. The van der Waals surface area contributed by atoms with Gasteiger partial charge >= 0.3 is 12.2 Å². The van der Waals surface area contributed by atoms with Gasteiger partial charge in [-0.3, -0.25) is 0 Å². The predicted octanol–water partition coefficient (Wildman–Crippen LogP) is 2.82. The molecular formula is C11H19F3N2O. The summed E-state index contributed by atoms with van der Waals surface area (Å²) in [5.74, 6) is 0.328. The zero-order valence-electron chi connectivity index (χ0n) is 9.94. The van der Waals surface area contributed by atoms with E-state index in [9.17, 15) is 18.0 Å². The van der Waals surface area contributed by atoms with Gasteiger partial charge in [0.1, 0.15) is 6.54 Å². The molecule has 0 aliphatic heterocycles. The van der Waals surface area contributed by atoms with Gasteiger partial charge in [0.25, 0.3) is 0 Å². The van der Waals surface area contributed by atoms with Crippen LogP contribution in [0.4, 0.5) is 18.0 Å². The number of urea groups is 1. The van der Waals surface area contributed by atoms with Crippen LogP contribution < -0.4 is 10.6 Å². The van der Waals surface area contributed by atoms with E-state index in [0.717, 1.165) is 32.1 Å². The summed E-state index contributed by atoms with van der Waals surface area (Å²) < 4.78 is 35.7. The van der Waals surface area contributed by atoms with Crippen molar-refractivity contribution in [3.63, 3.8) is 0 Å². The third kappa shape index (κ3) is 5.79. The van der Waals surface area contributed by atoms with Crippen molar-refractivity contribution in [3.8, 4) is 0 Å². The summed E-state index contributed by atoms with van der Waals surface area (Å²) in [7, 11) is 0. The summed E-state index contributed by atoms with van der Waals surface area (Å²) in [5.41, 5.74) is 0. The Morgan fingerprint density at radius 1 is 1.24 bits per heavy atom. The molecule has 0 aromatic heterocycles. The molecule has 0 spiro atoms. The van der Waals surface area contributed by atoms with E-state index < -0.39 is 18.8 Å². The molecule has 2 amide bonds. The maximum absolute atomic E-state index is 11.9. The van der Waals surface area contributed by atoms with Gasteiger partial charge in [-0.05, 0) is 18.8 Å². The second-order valence-corrected chi connectivity index (χ2v) is 4.66. The molecule has 0 radical (unpaired) electrons. The van der Waals surface area contributed by atoms with Crippen LogP contribution in [-0.4, -0.2) is 24.8 Å². The largest absolute Gasteiger partial charge is 0.405 e. The first-order valence-electron chi connectivity index (χ1n) is 5.99. The van der Waals surface area contributed by atoms with E-state index in [4.69, 9.17) is 0 Å². The highest BCUT2D eigenvalue weighted by molar-refractivity contribution is 5.74. The molecular weight excluding hydrogens is 233 g/mol. The SMILES string of the molecule is CC1CCCCCC1NC(=O)NCC(F)(F)F. The van der Waals surface area contributed by atoms with Gasteiger partial charge in [-0.1, -0.05) is 26.2 Å².